The molecule has 4 heteroatoms. The number of nitrogens with one attached hydrogen (secondary N) is 1. The molecule has 0 aromatic rings. The molecular weight excluding hydrogens is 192 g/mol. The van der Waals surface area contributed by atoms with Crippen LogP contribution in [-0.4, -0.2) is 61.1 Å². The molecule has 1 saturated heterocycles. The molecule has 1 aliphatic heterocycles. The summed E-state index contributed by atoms with van der Waals surface area (Å²) < 4.78 is 0. The van der Waals surface area contributed by atoms with Gasteiger partial charge >= 0.3 is 0 Å². The predicted octanol–water partition coefficient (Wildman–Crippen LogP) is -0.339. The van der Waals surface area contributed by atoms with E-state index in [0.29, 0.717) is 6.42 Å². The molecule has 0 aliphatic carbocycles. The summed E-state index contributed by atoms with van der Waals surface area (Å²) in [6, 6.07) is 0.0640. The molecule has 2 unspecified atom stereocenters. The Kier molecular flexibility index (Phi) is 6.17. The minimum absolute atomic E-state index is 0.0640. The van der Waals surface area contributed by atoms with Gasteiger partial charge in [0.15, 0.2) is 0 Å². The van der Waals surface area contributed by atoms with Crippen LogP contribution < -0.4 is 5.32 Å². The Morgan fingerprint density at radius 2 is 2.27 bits per heavy atom. The van der Waals surface area contributed by atoms with Gasteiger partial charge in [-0.25, -0.2) is 0 Å². The van der Waals surface area contributed by atoms with Crippen LogP contribution in [0.5, 0.6) is 0 Å². The first-order valence-corrected chi connectivity index (χ1v) is 5.90. The monoisotopic (exact) mass is 216 g/mol. The Bertz CT molecular complexity index is 163. The molecule has 0 aromatic heterocycles. The minimum Gasteiger partial charge on any atom is -0.396 e. The molecule has 1 rings (SSSR count). The number of rotatable bonds is 7. The summed E-state index contributed by atoms with van der Waals surface area (Å²) in [6.07, 6.45) is 3.11. The van der Waals surface area contributed by atoms with Gasteiger partial charge in [-0.3, -0.25) is 0 Å². The molecule has 2 atom stereocenters. The average molecular weight is 216 g/mol. The van der Waals surface area contributed by atoms with Gasteiger partial charge in [-0.2, -0.15) is 0 Å². The Morgan fingerprint density at radius 3 is 2.80 bits per heavy atom. The van der Waals surface area contributed by atoms with Crippen LogP contribution >= 0.6 is 0 Å². The molecule has 0 aromatic carbocycles. The van der Waals surface area contributed by atoms with Crippen molar-refractivity contribution in [3.8, 4) is 0 Å². The smallest absolute Gasteiger partial charge is 0.0585 e. The zero-order chi connectivity index (χ0) is 11.1. The molecule has 0 radical (unpaired) electrons. The minimum atomic E-state index is 0.0640. The van der Waals surface area contributed by atoms with Crippen molar-refractivity contribution in [1.82, 2.24) is 10.2 Å². The van der Waals surface area contributed by atoms with E-state index in [9.17, 15) is 0 Å². The first-order chi connectivity index (χ1) is 7.26. The first-order valence-electron chi connectivity index (χ1n) is 5.90. The van der Waals surface area contributed by atoms with Crippen molar-refractivity contribution in [2.24, 2.45) is 5.92 Å². The molecule has 0 amide bonds. The van der Waals surface area contributed by atoms with Crippen LogP contribution in [0, 0.1) is 5.92 Å². The third kappa shape index (κ3) is 4.93. The van der Waals surface area contributed by atoms with E-state index < -0.39 is 0 Å². The molecule has 0 saturated carbocycles. The number of likely N-dealkylation sites (tertiary alicyclic amines) is 1. The summed E-state index contributed by atoms with van der Waals surface area (Å²) in [7, 11) is 2.16. The number of hydrogen-bond donors (Lipinski definition) is 3. The lowest BCUT2D eigenvalue weighted by molar-refractivity contribution is 0.199. The van der Waals surface area contributed by atoms with E-state index in [4.69, 9.17) is 10.2 Å². The number of hydrogen-bond acceptors (Lipinski definition) is 4. The fraction of sp³-hybridized carbons (Fsp3) is 1.00. The fourth-order valence-corrected chi connectivity index (χ4v) is 2.17. The first kappa shape index (κ1) is 12.9. The van der Waals surface area contributed by atoms with Crippen molar-refractivity contribution in [3.63, 3.8) is 0 Å². The van der Waals surface area contributed by atoms with Crippen molar-refractivity contribution < 1.29 is 10.2 Å². The summed E-state index contributed by atoms with van der Waals surface area (Å²) in [5.41, 5.74) is 0. The quantitative estimate of drug-likeness (QED) is 0.545. The van der Waals surface area contributed by atoms with E-state index in [1.807, 2.05) is 0 Å². The van der Waals surface area contributed by atoms with Crippen molar-refractivity contribution >= 4 is 0 Å². The maximum absolute atomic E-state index is 9.01. The van der Waals surface area contributed by atoms with Crippen LogP contribution in [0.3, 0.4) is 0 Å². The van der Waals surface area contributed by atoms with Gasteiger partial charge in [-0.05, 0) is 45.3 Å². The maximum Gasteiger partial charge on any atom is 0.0585 e. The molecule has 3 N–H and O–H groups in total. The second-order valence-corrected chi connectivity index (χ2v) is 4.55. The average Bonchev–Trinajstić information content (AvgIpc) is 2.63. The van der Waals surface area contributed by atoms with Crippen LogP contribution in [0.1, 0.15) is 19.3 Å². The van der Waals surface area contributed by atoms with E-state index in [2.05, 4.69) is 17.3 Å². The van der Waals surface area contributed by atoms with E-state index >= 15 is 0 Å². The van der Waals surface area contributed by atoms with Crippen LogP contribution in [-0.2, 0) is 0 Å². The van der Waals surface area contributed by atoms with Gasteiger partial charge in [0.1, 0.15) is 0 Å². The van der Waals surface area contributed by atoms with Gasteiger partial charge < -0.3 is 20.4 Å². The van der Waals surface area contributed by atoms with Crippen LogP contribution in [0.4, 0.5) is 0 Å². The fourth-order valence-electron chi connectivity index (χ4n) is 2.17. The lowest BCUT2D eigenvalue weighted by Gasteiger charge is -2.16. The Labute approximate surface area is 92.3 Å². The van der Waals surface area contributed by atoms with Crippen molar-refractivity contribution in [3.05, 3.63) is 0 Å². The standard InChI is InChI=1S/C11H24N2O2/c1-13-6-3-10(8-13)2-5-12-11(9-15)4-7-14/h10-12,14-15H,2-9H2,1H3. The molecule has 0 bridgehead atoms. The highest BCUT2D eigenvalue weighted by molar-refractivity contribution is 4.74. The predicted molar refractivity (Wildman–Crippen MR) is 60.8 cm³/mol. The van der Waals surface area contributed by atoms with Gasteiger partial charge in [-0.15, -0.1) is 0 Å². The van der Waals surface area contributed by atoms with Crippen molar-refractivity contribution in [2.75, 3.05) is 39.9 Å². The van der Waals surface area contributed by atoms with Gasteiger partial charge in [0.25, 0.3) is 0 Å². The normalized spacial score (nSPS) is 24.6. The van der Waals surface area contributed by atoms with Gasteiger partial charge in [-0.1, -0.05) is 0 Å². The van der Waals surface area contributed by atoms with E-state index in [0.717, 1.165) is 12.5 Å². The number of aliphatic hydroxyl groups is 2. The van der Waals surface area contributed by atoms with Crippen LogP contribution in [0.25, 0.3) is 0 Å². The number of nitrogens with zero attached hydrogens (tertiary/aromatic N) is 1. The lowest BCUT2D eigenvalue weighted by Crippen LogP contribution is -2.34. The zero-order valence-electron chi connectivity index (χ0n) is 9.65. The Hall–Kier alpha value is -0.160. The zero-order valence-corrected chi connectivity index (χ0v) is 9.65. The molecule has 15 heavy (non-hydrogen) atoms. The number of aliphatic hydroxyl groups excluding tert-OH is 2. The molecule has 0 spiro atoms. The summed E-state index contributed by atoms with van der Waals surface area (Å²) in [6.45, 7) is 3.62. The molecule has 1 aliphatic rings. The van der Waals surface area contributed by atoms with Gasteiger partial charge in [0, 0.05) is 19.2 Å². The highest BCUT2D eigenvalue weighted by Crippen LogP contribution is 2.17. The van der Waals surface area contributed by atoms with Crippen LogP contribution in [0.15, 0.2) is 0 Å². The largest absolute Gasteiger partial charge is 0.396 e. The maximum atomic E-state index is 9.01. The molecule has 1 fully saturated rings. The highest BCUT2D eigenvalue weighted by Gasteiger charge is 2.18. The highest BCUT2D eigenvalue weighted by atomic mass is 16.3. The third-order valence-corrected chi connectivity index (χ3v) is 3.17. The van der Waals surface area contributed by atoms with E-state index in [-0.39, 0.29) is 19.3 Å². The van der Waals surface area contributed by atoms with Crippen molar-refractivity contribution in [1.29, 1.82) is 0 Å². The Balaban J connectivity index is 2.04. The topological polar surface area (TPSA) is 55.7 Å². The van der Waals surface area contributed by atoms with Crippen LogP contribution in [0.2, 0.25) is 0 Å². The third-order valence-electron chi connectivity index (χ3n) is 3.17. The molecule has 4 nitrogen and oxygen atoms in total. The Morgan fingerprint density at radius 1 is 1.47 bits per heavy atom. The summed E-state index contributed by atoms with van der Waals surface area (Å²) in [5, 5.41) is 21.0. The SMILES string of the molecule is CN1CCC(CCNC(CO)CCO)C1. The lowest BCUT2D eigenvalue weighted by atomic mass is 10.0. The summed E-state index contributed by atoms with van der Waals surface area (Å²) in [5.74, 6) is 0.802. The van der Waals surface area contributed by atoms with E-state index in [1.165, 1.54) is 25.9 Å². The van der Waals surface area contributed by atoms with Crippen molar-refractivity contribution in [2.45, 2.75) is 25.3 Å². The molecule has 1 heterocycles. The summed E-state index contributed by atoms with van der Waals surface area (Å²) >= 11 is 0. The van der Waals surface area contributed by atoms with E-state index in [1.54, 1.807) is 0 Å². The molecule has 90 valence electrons. The summed E-state index contributed by atoms with van der Waals surface area (Å²) in [4.78, 5) is 2.36. The second-order valence-electron chi connectivity index (χ2n) is 4.55. The second kappa shape index (κ2) is 7.17. The molecular formula is C11H24N2O2. The van der Waals surface area contributed by atoms with Gasteiger partial charge in [0.2, 0.25) is 0 Å². The van der Waals surface area contributed by atoms with Gasteiger partial charge in [0.05, 0.1) is 6.61 Å².